The Kier molecular flexibility index (Phi) is 7.28. The fourth-order valence-electron chi connectivity index (χ4n) is 3.82. The topological polar surface area (TPSA) is 79.8 Å². The van der Waals surface area contributed by atoms with Crippen molar-refractivity contribution in [2.75, 3.05) is 31.1 Å². The highest BCUT2D eigenvalue weighted by Crippen LogP contribution is 2.37. The van der Waals surface area contributed by atoms with Crippen LogP contribution in [0.25, 0.3) is 17.4 Å². The second-order valence-electron chi connectivity index (χ2n) is 7.93. The first-order valence-corrected chi connectivity index (χ1v) is 11.4. The zero-order chi connectivity index (χ0) is 26.0. The molecule has 0 N–H and O–H groups in total. The second kappa shape index (κ2) is 10.2. The minimum Gasteiger partial charge on any atom is -0.457 e. The zero-order valence-electron chi connectivity index (χ0n) is 18.5. The van der Waals surface area contributed by atoms with E-state index in [0.29, 0.717) is 33.2 Å². The van der Waals surface area contributed by atoms with Crippen molar-refractivity contribution in [2.24, 2.45) is 0 Å². The van der Waals surface area contributed by atoms with Crippen LogP contribution in [0.4, 0.5) is 24.5 Å². The number of nitro benzene ring substituents is 1. The quantitative estimate of drug-likeness (QED) is 0.209. The molecule has 1 aromatic heterocycles. The van der Waals surface area contributed by atoms with E-state index in [-0.39, 0.29) is 37.8 Å². The number of piperazine rings is 1. The van der Waals surface area contributed by atoms with Gasteiger partial charge < -0.3 is 14.2 Å². The number of furan rings is 1. The van der Waals surface area contributed by atoms with Crippen LogP contribution < -0.4 is 4.90 Å². The van der Waals surface area contributed by atoms with E-state index >= 15 is 0 Å². The first kappa shape index (κ1) is 25.6. The fraction of sp³-hybridized carbons (Fsp3) is 0.208. The number of amides is 1. The van der Waals surface area contributed by atoms with E-state index in [9.17, 15) is 28.1 Å². The molecule has 0 unspecified atom stereocenters. The highest BCUT2D eigenvalue weighted by molar-refractivity contribution is 6.36. The van der Waals surface area contributed by atoms with Gasteiger partial charge in [-0.25, -0.2) is 0 Å². The molecule has 0 radical (unpaired) electrons. The number of benzene rings is 2. The van der Waals surface area contributed by atoms with Crippen LogP contribution in [0.3, 0.4) is 0 Å². The summed E-state index contributed by atoms with van der Waals surface area (Å²) in [6.45, 7) is 0.938. The number of carbonyl (C=O) groups is 1. The molecule has 0 spiro atoms. The molecule has 7 nitrogen and oxygen atoms in total. The summed E-state index contributed by atoms with van der Waals surface area (Å²) in [6.07, 6.45) is -1.82. The lowest BCUT2D eigenvalue weighted by atomic mass is 10.1. The number of carbonyl (C=O) groups excluding carboxylic acids is 1. The molecule has 2 heterocycles. The molecule has 12 heteroatoms. The summed E-state index contributed by atoms with van der Waals surface area (Å²) in [5.74, 6) is 0.651. The molecule has 1 amide bonds. The number of hydrogen-bond acceptors (Lipinski definition) is 5. The monoisotopic (exact) mass is 539 g/mol. The molecule has 1 fully saturated rings. The van der Waals surface area contributed by atoms with Crippen LogP contribution in [-0.4, -0.2) is 41.9 Å². The van der Waals surface area contributed by atoms with Crippen molar-refractivity contribution < 1.29 is 27.3 Å². The van der Waals surface area contributed by atoms with Gasteiger partial charge in [-0.05, 0) is 48.5 Å². The number of nitrogens with zero attached hydrogens (tertiary/aromatic N) is 3. The highest BCUT2D eigenvalue weighted by Gasteiger charge is 2.34. The molecular formula is C24H18Cl2F3N3O4. The maximum absolute atomic E-state index is 13.0. The molecule has 0 aliphatic carbocycles. The van der Waals surface area contributed by atoms with Gasteiger partial charge in [-0.3, -0.25) is 14.9 Å². The Morgan fingerprint density at radius 1 is 1.03 bits per heavy atom. The van der Waals surface area contributed by atoms with Gasteiger partial charge in [0.1, 0.15) is 17.2 Å². The molecule has 1 saturated heterocycles. The number of alkyl halides is 3. The Bertz CT molecular complexity index is 1330. The maximum atomic E-state index is 13.0. The number of rotatable bonds is 5. The van der Waals surface area contributed by atoms with Crippen molar-refractivity contribution in [3.63, 3.8) is 0 Å². The Hall–Kier alpha value is -3.50. The first-order chi connectivity index (χ1) is 17.0. The summed E-state index contributed by atoms with van der Waals surface area (Å²) in [6, 6.07) is 10.9. The smallest absolute Gasteiger partial charge is 0.416 e. The Morgan fingerprint density at radius 3 is 2.39 bits per heavy atom. The highest BCUT2D eigenvalue weighted by atomic mass is 35.5. The average Bonchev–Trinajstić information content (AvgIpc) is 3.30. The summed E-state index contributed by atoms with van der Waals surface area (Å²) < 4.78 is 44.6. The van der Waals surface area contributed by atoms with Gasteiger partial charge in [-0.1, -0.05) is 23.2 Å². The summed E-state index contributed by atoms with van der Waals surface area (Å²) in [7, 11) is 0. The molecule has 1 aliphatic rings. The van der Waals surface area contributed by atoms with Crippen molar-refractivity contribution in [3.8, 4) is 11.3 Å². The predicted octanol–water partition coefficient (Wildman–Crippen LogP) is 6.54. The largest absolute Gasteiger partial charge is 0.457 e. The summed E-state index contributed by atoms with van der Waals surface area (Å²) in [5.41, 5.74) is -0.977. The van der Waals surface area contributed by atoms with E-state index in [2.05, 4.69) is 0 Å². The van der Waals surface area contributed by atoms with E-state index in [1.54, 1.807) is 40.1 Å². The van der Waals surface area contributed by atoms with Gasteiger partial charge in [0.25, 0.3) is 5.69 Å². The van der Waals surface area contributed by atoms with E-state index in [4.69, 9.17) is 27.6 Å². The lowest BCUT2D eigenvalue weighted by molar-refractivity contribution is -0.384. The van der Waals surface area contributed by atoms with Gasteiger partial charge in [0.05, 0.1) is 15.5 Å². The van der Waals surface area contributed by atoms with Crippen LogP contribution in [0.15, 0.2) is 59.0 Å². The normalized spacial score (nSPS) is 14.5. The minimum atomic E-state index is -4.68. The fourth-order valence-corrected chi connectivity index (χ4v) is 4.32. The number of halogens is 5. The van der Waals surface area contributed by atoms with E-state index in [1.807, 2.05) is 0 Å². The van der Waals surface area contributed by atoms with E-state index in [1.165, 1.54) is 12.2 Å². The van der Waals surface area contributed by atoms with E-state index in [0.717, 1.165) is 12.1 Å². The molecule has 188 valence electrons. The van der Waals surface area contributed by atoms with Crippen LogP contribution in [0.5, 0.6) is 0 Å². The Balaban J connectivity index is 1.40. The summed E-state index contributed by atoms with van der Waals surface area (Å²) in [4.78, 5) is 26.3. The first-order valence-electron chi connectivity index (χ1n) is 10.7. The predicted molar refractivity (Wildman–Crippen MR) is 130 cm³/mol. The lowest BCUT2D eigenvalue weighted by Crippen LogP contribution is -2.48. The lowest BCUT2D eigenvalue weighted by Gasteiger charge is -2.35. The molecule has 36 heavy (non-hydrogen) atoms. The molecule has 3 aromatic rings. The van der Waals surface area contributed by atoms with Crippen LogP contribution in [0.1, 0.15) is 11.3 Å². The molecule has 1 aliphatic heterocycles. The van der Waals surface area contributed by atoms with Gasteiger partial charge in [-0.2, -0.15) is 13.2 Å². The SMILES string of the molecule is O=C(C=Cc1ccc(-c2ccc(Cl)cc2Cl)o1)N1CCN(c2ccc(C(F)(F)F)cc2[N+](=O)[O-])CC1. The van der Waals surface area contributed by atoms with Gasteiger partial charge >= 0.3 is 6.18 Å². The Morgan fingerprint density at radius 2 is 1.75 bits per heavy atom. The van der Waals surface area contributed by atoms with Crippen LogP contribution in [-0.2, 0) is 11.0 Å². The van der Waals surface area contributed by atoms with Gasteiger partial charge in [0.15, 0.2) is 0 Å². The molecule has 0 bridgehead atoms. The number of anilines is 1. The molecule has 4 rings (SSSR count). The van der Waals surface area contributed by atoms with Gasteiger partial charge in [0.2, 0.25) is 5.91 Å². The number of hydrogen-bond donors (Lipinski definition) is 0. The standard InChI is InChI=1S/C24H18Cl2F3N3O4/c25-16-2-5-18(19(26)14-16)22-7-3-17(36-22)4-8-23(33)31-11-9-30(10-12-31)20-6-1-15(24(27,28)29)13-21(20)32(34)35/h1-8,13-14H,9-12H2. The Labute approximate surface area is 213 Å². The zero-order valence-corrected chi connectivity index (χ0v) is 20.0. The second-order valence-corrected chi connectivity index (χ2v) is 8.77. The van der Waals surface area contributed by atoms with Crippen LogP contribution >= 0.6 is 23.2 Å². The molecule has 0 saturated carbocycles. The minimum absolute atomic E-state index is 0.0830. The third kappa shape index (κ3) is 5.66. The molecule has 2 aromatic carbocycles. The van der Waals surface area contributed by atoms with Crippen molar-refractivity contribution in [1.29, 1.82) is 0 Å². The third-order valence-corrected chi connectivity index (χ3v) is 6.19. The van der Waals surface area contributed by atoms with Crippen LogP contribution in [0, 0.1) is 10.1 Å². The summed E-state index contributed by atoms with van der Waals surface area (Å²) >= 11 is 12.1. The van der Waals surface area contributed by atoms with Crippen molar-refractivity contribution in [2.45, 2.75) is 6.18 Å². The molecule has 0 atom stereocenters. The van der Waals surface area contributed by atoms with Gasteiger partial charge in [0, 0.05) is 48.9 Å². The van der Waals surface area contributed by atoms with Crippen LogP contribution in [0.2, 0.25) is 10.0 Å². The van der Waals surface area contributed by atoms with Gasteiger partial charge in [-0.15, -0.1) is 0 Å². The van der Waals surface area contributed by atoms with Crippen molar-refractivity contribution in [1.82, 2.24) is 4.90 Å². The van der Waals surface area contributed by atoms with E-state index < -0.39 is 22.4 Å². The third-order valence-electron chi connectivity index (χ3n) is 5.65. The van der Waals surface area contributed by atoms with Crippen molar-refractivity contribution >= 4 is 46.6 Å². The molecular weight excluding hydrogens is 522 g/mol. The number of nitro groups is 1. The maximum Gasteiger partial charge on any atom is 0.416 e. The average molecular weight is 540 g/mol. The summed E-state index contributed by atoms with van der Waals surface area (Å²) in [5, 5.41) is 12.3. The van der Waals surface area contributed by atoms with Crippen molar-refractivity contribution in [3.05, 3.63) is 86.1 Å².